The van der Waals surface area contributed by atoms with Gasteiger partial charge in [0.1, 0.15) is 0 Å². The van der Waals surface area contributed by atoms with Gasteiger partial charge in [-0.3, -0.25) is 0 Å². The maximum atomic E-state index is 5.89. The number of thiophene rings is 1. The highest BCUT2D eigenvalue weighted by Gasteiger charge is 2.18. The van der Waals surface area contributed by atoms with E-state index in [1.165, 1.54) is 0 Å². The summed E-state index contributed by atoms with van der Waals surface area (Å²) in [5, 5.41) is 5.92. The zero-order valence-corrected chi connectivity index (χ0v) is 11.4. The predicted molar refractivity (Wildman–Crippen MR) is 67.3 cm³/mol. The van der Waals surface area contributed by atoms with Crippen LogP contribution in [0.2, 0.25) is 0 Å². The molecule has 2 rings (SSSR count). The van der Waals surface area contributed by atoms with Gasteiger partial charge in [0.05, 0.1) is 4.88 Å². The van der Waals surface area contributed by atoms with Gasteiger partial charge in [-0.2, -0.15) is 4.98 Å². The van der Waals surface area contributed by atoms with Gasteiger partial charge in [-0.25, -0.2) is 0 Å². The summed E-state index contributed by atoms with van der Waals surface area (Å²) in [7, 11) is 0. The van der Waals surface area contributed by atoms with Gasteiger partial charge in [-0.05, 0) is 35.8 Å². The highest BCUT2D eigenvalue weighted by molar-refractivity contribution is 9.10. The third-order valence-corrected chi connectivity index (χ3v) is 3.55. The third kappa shape index (κ3) is 2.90. The number of aromatic nitrogens is 2. The molecule has 0 aliphatic heterocycles. The molecule has 0 bridgehead atoms. The molecule has 0 aromatic carbocycles. The summed E-state index contributed by atoms with van der Waals surface area (Å²) >= 11 is 4.96. The van der Waals surface area contributed by atoms with Crippen molar-refractivity contribution in [2.24, 2.45) is 5.73 Å². The van der Waals surface area contributed by atoms with E-state index in [0.717, 1.165) is 9.35 Å². The van der Waals surface area contributed by atoms with Gasteiger partial charge in [0.15, 0.2) is 0 Å². The van der Waals surface area contributed by atoms with Crippen molar-refractivity contribution < 1.29 is 4.52 Å². The van der Waals surface area contributed by atoms with Gasteiger partial charge in [-0.1, -0.05) is 5.16 Å². The van der Waals surface area contributed by atoms with Crippen molar-refractivity contribution in [3.63, 3.8) is 0 Å². The van der Waals surface area contributed by atoms with Gasteiger partial charge in [-0.15, -0.1) is 11.3 Å². The Morgan fingerprint density at radius 2 is 2.31 bits per heavy atom. The van der Waals surface area contributed by atoms with Gasteiger partial charge in [0.25, 0.3) is 0 Å². The average Bonchev–Trinajstić information content (AvgIpc) is 2.71. The monoisotopic (exact) mass is 301 g/mol. The van der Waals surface area contributed by atoms with E-state index < -0.39 is 0 Å². The number of rotatable bonds is 3. The third-order valence-electron chi connectivity index (χ3n) is 1.86. The molecule has 2 N–H and O–H groups in total. The van der Waals surface area contributed by atoms with Crippen LogP contribution in [0.3, 0.4) is 0 Å². The molecule has 86 valence electrons. The maximum absolute atomic E-state index is 5.89. The van der Waals surface area contributed by atoms with Crippen molar-refractivity contribution in [1.29, 1.82) is 0 Å². The molecule has 0 aliphatic rings. The summed E-state index contributed by atoms with van der Waals surface area (Å²) in [6.07, 6.45) is 0.576. The molecule has 0 atom stereocenters. The van der Waals surface area contributed by atoms with E-state index >= 15 is 0 Å². The van der Waals surface area contributed by atoms with Crippen molar-refractivity contribution in [3.8, 4) is 10.7 Å². The average molecular weight is 302 g/mol. The van der Waals surface area contributed by atoms with Crippen LogP contribution in [0, 0.1) is 0 Å². The minimum Gasteiger partial charge on any atom is -0.339 e. The van der Waals surface area contributed by atoms with Crippen LogP contribution in [0.1, 0.15) is 19.7 Å². The van der Waals surface area contributed by atoms with E-state index in [1.54, 1.807) is 11.3 Å². The highest BCUT2D eigenvalue weighted by Crippen LogP contribution is 2.27. The Labute approximate surface area is 106 Å². The van der Waals surface area contributed by atoms with Gasteiger partial charge in [0.2, 0.25) is 11.7 Å². The quantitative estimate of drug-likeness (QED) is 0.947. The topological polar surface area (TPSA) is 64.9 Å². The minimum absolute atomic E-state index is 0.333. The van der Waals surface area contributed by atoms with Crippen LogP contribution in [0.15, 0.2) is 20.4 Å². The lowest BCUT2D eigenvalue weighted by Gasteiger charge is -2.14. The predicted octanol–water partition coefficient (Wildman–Crippen LogP) is 2.84. The van der Waals surface area contributed by atoms with Gasteiger partial charge < -0.3 is 10.3 Å². The first-order valence-corrected chi connectivity index (χ1v) is 6.47. The Kier molecular flexibility index (Phi) is 3.14. The lowest BCUT2D eigenvalue weighted by Crippen LogP contribution is -2.34. The van der Waals surface area contributed by atoms with Crippen LogP contribution in [0.4, 0.5) is 0 Å². The molecule has 0 saturated carbocycles. The van der Waals surface area contributed by atoms with Crippen molar-refractivity contribution >= 4 is 27.3 Å². The van der Waals surface area contributed by atoms with E-state index in [9.17, 15) is 0 Å². The van der Waals surface area contributed by atoms with E-state index in [-0.39, 0.29) is 5.54 Å². The summed E-state index contributed by atoms with van der Waals surface area (Å²) in [5.41, 5.74) is 5.55. The molecule has 0 radical (unpaired) electrons. The Morgan fingerprint density at radius 3 is 2.88 bits per heavy atom. The fourth-order valence-electron chi connectivity index (χ4n) is 1.25. The maximum Gasteiger partial charge on any atom is 0.228 e. The molecule has 4 nitrogen and oxygen atoms in total. The van der Waals surface area contributed by atoms with Crippen LogP contribution in [-0.4, -0.2) is 15.7 Å². The Bertz CT molecular complexity index is 486. The second-order valence-corrected chi connectivity index (χ2v) is 6.13. The molecule has 0 aliphatic carbocycles. The number of hydrogen-bond acceptors (Lipinski definition) is 5. The summed E-state index contributed by atoms with van der Waals surface area (Å²) in [5.74, 6) is 1.20. The summed E-state index contributed by atoms with van der Waals surface area (Å²) < 4.78 is 6.18. The number of halogens is 1. The largest absolute Gasteiger partial charge is 0.339 e. The number of nitrogens with two attached hydrogens (primary N) is 1. The summed E-state index contributed by atoms with van der Waals surface area (Å²) in [4.78, 5) is 5.29. The molecule has 2 aromatic rings. The first-order valence-electron chi connectivity index (χ1n) is 4.80. The van der Waals surface area contributed by atoms with Crippen LogP contribution < -0.4 is 5.73 Å². The molecule has 16 heavy (non-hydrogen) atoms. The van der Waals surface area contributed by atoms with Crippen LogP contribution >= 0.6 is 27.3 Å². The molecule has 0 amide bonds. The Hall–Kier alpha value is -0.720. The second kappa shape index (κ2) is 4.27. The lowest BCUT2D eigenvalue weighted by atomic mass is 10.0. The summed E-state index contributed by atoms with van der Waals surface area (Å²) in [6.45, 7) is 3.86. The highest BCUT2D eigenvalue weighted by atomic mass is 79.9. The lowest BCUT2D eigenvalue weighted by molar-refractivity contribution is 0.348. The summed E-state index contributed by atoms with van der Waals surface area (Å²) in [6, 6.07) is 1.97. The molecule has 0 spiro atoms. The Morgan fingerprint density at radius 1 is 1.56 bits per heavy atom. The van der Waals surface area contributed by atoms with Crippen molar-refractivity contribution in [3.05, 3.63) is 21.8 Å². The fraction of sp³-hybridized carbons (Fsp3) is 0.400. The number of hydrogen-bond donors (Lipinski definition) is 1. The first-order chi connectivity index (χ1) is 7.44. The molecule has 2 heterocycles. The van der Waals surface area contributed by atoms with Gasteiger partial charge in [0, 0.05) is 21.8 Å². The van der Waals surface area contributed by atoms with E-state index in [2.05, 4.69) is 26.1 Å². The van der Waals surface area contributed by atoms with Crippen LogP contribution in [0.5, 0.6) is 0 Å². The normalized spacial score (nSPS) is 12.0. The van der Waals surface area contributed by atoms with E-state index in [0.29, 0.717) is 18.1 Å². The minimum atomic E-state index is -0.333. The Balaban J connectivity index is 2.20. The fourth-order valence-corrected chi connectivity index (χ4v) is 2.60. The first kappa shape index (κ1) is 11.8. The van der Waals surface area contributed by atoms with Gasteiger partial charge >= 0.3 is 0 Å². The molecular weight excluding hydrogens is 290 g/mol. The zero-order chi connectivity index (χ0) is 11.8. The standard InChI is InChI=1S/C10H12BrN3OS/c1-10(2,12)4-8-13-9(14-15-8)7-3-6(11)5-16-7/h3,5H,4,12H2,1-2H3. The molecule has 0 saturated heterocycles. The molecule has 2 aromatic heterocycles. The van der Waals surface area contributed by atoms with E-state index in [1.807, 2.05) is 25.3 Å². The van der Waals surface area contributed by atoms with Crippen LogP contribution in [-0.2, 0) is 6.42 Å². The van der Waals surface area contributed by atoms with Crippen molar-refractivity contribution in [2.45, 2.75) is 25.8 Å². The molecule has 0 unspecified atom stereocenters. The molecule has 6 heteroatoms. The molecule has 0 fully saturated rings. The van der Waals surface area contributed by atoms with Crippen LogP contribution in [0.25, 0.3) is 10.7 Å². The van der Waals surface area contributed by atoms with Crippen molar-refractivity contribution in [2.75, 3.05) is 0 Å². The number of nitrogens with zero attached hydrogens (tertiary/aromatic N) is 2. The van der Waals surface area contributed by atoms with E-state index in [4.69, 9.17) is 10.3 Å². The second-order valence-electron chi connectivity index (χ2n) is 4.31. The zero-order valence-electron chi connectivity index (χ0n) is 9.03. The van der Waals surface area contributed by atoms with Crippen molar-refractivity contribution in [1.82, 2.24) is 10.1 Å². The SMILES string of the molecule is CC(C)(N)Cc1nc(-c2cc(Br)cs2)no1. The smallest absolute Gasteiger partial charge is 0.228 e. The molecular formula is C10H12BrN3OS.